The zero-order valence-corrected chi connectivity index (χ0v) is 19.5. The number of nitrogen functional groups attached to an aromatic ring is 1. The van der Waals surface area contributed by atoms with Crippen molar-refractivity contribution in [2.24, 2.45) is 0 Å². The molecule has 0 saturated carbocycles. The van der Waals surface area contributed by atoms with E-state index in [0.717, 1.165) is 19.4 Å². The van der Waals surface area contributed by atoms with Gasteiger partial charge in [0.1, 0.15) is 36.8 Å². The molecule has 4 atom stereocenters. The number of aromatic nitrogens is 6. The van der Waals surface area contributed by atoms with Gasteiger partial charge in [0.25, 0.3) is 0 Å². The van der Waals surface area contributed by atoms with E-state index in [1.807, 2.05) is 16.8 Å². The summed E-state index contributed by atoms with van der Waals surface area (Å²) in [6.07, 6.45) is 6.56. The number of nitrogens with zero attached hydrogens (tertiary/aromatic N) is 6. The Hall–Kier alpha value is -3.87. The Morgan fingerprint density at radius 2 is 2.00 bits per heavy atom. The van der Waals surface area contributed by atoms with Crippen molar-refractivity contribution in [3.63, 3.8) is 0 Å². The number of anilines is 1. The fraction of sp³-hybridized carbons (Fsp3) is 0.375. The van der Waals surface area contributed by atoms with Gasteiger partial charge in [-0.2, -0.15) is 0 Å². The Morgan fingerprint density at radius 3 is 2.81 bits per heavy atom. The summed E-state index contributed by atoms with van der Waals surface area (Å²) in [5.74, 6) is -0.261. The van der Waals surface area contributed by atoms with Crippen LogP contribution in [0.4, 0.5) is 5.82 Å². The fourth-order valence-electron chi connectivity index (χ4n) is 4.17. The minimum absolute atomic E-state index is 0.143. The molecule has 4 aromatic rings. The van der Waals surface area contributed by atoms with Gasteiger partial charge in [-0.3, -0.25) is 4.57 Å². The van der Waals surface area contributed by atoms with Gasteiger partial charge in [0.2, 0.25) is 0 Å². The molecule has 36 heavy (non-hydrogen) atoms. The number of aliphatic hydroxyl groups is 1. The molecule has 0 amide bonds. The predicted octanol–water partition coefficient (Wildman–Crippen LogP) is 1.59. The van der Waals surface area contributed by atoms with Gasteiger partial charge in [0, 0.05) is 25.5 Å². The van der Waals surface area contributed by atoms with Crippen LogP contribution < -0.4 is 5.73 Å². The van der Waals surface area contributed by atoms with Gasteiger partial charge in [-0.25, -0.2) is 24.7 Å². The average Bonchev–Trinajstić information content (AvgIpc) is 3.63. The number of benzene rings is 1. The molecule has 5 rings (SSSR count). The van der Waals surface area contributed by atoms with Crippen LogP contribution in [0.5, 0.6) is 0 Å². The fourth-order valence-corrected chi connectivity index (χ4v) is 4.17. The molecule has 1 saturated heterocycles. The molecular formula is C24H27N7O5. The number of imidazole rings is 2. The summed E-state index contributed by atoms with van der Waals surface area (Å²) in [6, 6.07) is 8.64. The SMILES string of the molecule is Nc1ncnc2c1ncn2[C@@H]1O[C@H](COC(=O)c2ccccc2)[C@@H](O)[C@H]1OCCCCn1ccnc1. The van der Waals surface area contributed by atoms with Gasteiger partial charge >= 0.3 is 5.97 Å². The lowest BCUT2D eigenvalue weighted by Gasteiger charge is -2.22. The molecule has 1 fully saturated rings. The Bertz CT molecular complexity index is 1280. The number of esters is 1. The van der Waals surface area contributed by atoms with E-state index in [2.05, 4.69) is 19.9 Å². The summed E-state index contributed by atoms with van der Waals surface area (Å²) in [5, 5.41) is 11.1. The number of hydrogen-bond acceptors (Lipinski definition) is 10. The summed E-state index contributed by atoms with van der Waals surface area (Å²) in [7, 11) is 0. The number of unbranched alkanes of at least 4 members (excludes halogenated alkanes) is 1. The maximum atomic E-state index is 12.4. The third kappa shape index (κ3) is 5.05. The first-order valence-corrected chi connectivity index (χ1v) is 11.7. The predicted molar refractivity (Wildman–Crippen MR) is 128 cm³/mol. The van der Waals surface area contributed by atoms with Crippen LogP contribution in [0.25, 0.3) is 11.2 Å². The van der Waals surface area contributed by atoms with Crippen LogP contribution in [0.1, 0.15) is 29.4 Å². The van der Waals surface area contributed by atoms with Crippen LogP contribution in [-0.4, -0.2) is 71.7 Å². The van der Waals surface area contributed by atoms with Crippen molar-refractivity contribution in [1.29, 1.82) is 0 Å². The summed E-state index contributed by atoms with van der Waals surface area (Å²) < 4.78 is 21.3. The van der Waals surface area contributed by atoms with Gasteiger partial charge in [0.15, 0.2) is 17.7 Å². The highest BCUT2D eigenvalue weighted by molar-refractivity contribution is 5.89. The van der Waals surface area contributed by atoms with Crippen LogP contribution in [0, 0.1) is 0 Å². The first-order valence-electron chi connectivity index (χ1n) is 11.7. The smallest absolute Gasteiger partial charge is 0.338 e. The zero-order valence-electron chi connectivity index (χ0n) is 19.5. The molecule has 1 aliphatic rings. The highest BCUT2D eigenvalue weighted by Crippen LogP contribution is 2.34. The normalized spacial score (nSPS) is 21.7. The van der Waals surface area contributed by atoms with Crippen LogP contribution in [0.2, 0.25) is 0 Å². The molecular weight excluding hydrogens is 466 g/mol. The molecule has 0 unspecified atom stereocenters. The second-order valence-electron chi connectivity index (χ2n) is 8.45. The molecule has 3 N–H and O–H groups in total. The maximum Gasteiger partial charge on any atom is 0.338 e. The zero-order chi connectivity index (χ0) is 24.9. The van der Waals surface area contributed by atoms with Crippen molar-refractivity contribution in [3.05, 3.63) is 67.3 Å². The number of carbonyl (C=O) groups is 1. The van der Waals surface area contributed by atoms with Gasteiger partial charge in [-0.15, -0.1) is 0 Å². The van der Waals surface area contributed by atoms with Gasteiger partial charge < -0.3 is 29.6 Å². The standard InChI is InChI=1S/C24H27N7O5/c25-21-18-22(28-13-27-21)31(15-29-18)23-20(34-11-5-4-9-30-10-8-26-14-30)19(32)17(36-23)12-35-24(33)16-6-2-1-3-7-16/h1-3,6-8,10,13-15,17,19-20,23,32H,4-5,9,11-12H2,(H2,25,27,28)/t17-,19-,20-,23-/m1/s1. The number of nitrogens with two attached hydrogens (primary N) is 1. The highest BCUT2D eigenvalue weighted by atomic mass is 16.6. The van der Waals surface area contributed by atoms with Crippen LogP contribution in [0.3, 0.4) is 0 Å². The third-order valence-electron chi connectivity index (χ3n) is 6.04. The average molecular weight is 494 g/mol. The number of fused-ring (bicyclic) bond motifs is 1. The van der Waals surface area contributed by atoms with Crippen LogP contribution >= 0.6 is 0 Å². The van der Waals surface area contributed by atoms with E-state index in [1.165, 1.54) is 12.7 Å². The van der Waals surface area contributed by atoms with Crippen molar-refractivity contribution in [2.75, 3.05) is 18.9 Å². The third-order valence-corrected chi connectivity index (χ3v) is 6.04. The number of aliphatic hydroxyl groups excluding tert-OH is 1. The first-order chi connectivity index (χ1) is 17.6. The van der Waals surface area contributed by atoms with Crippen LogP contribution in [-0.2, 0) is 20.8 Å². The summed E-state index contributed by atoms with van der Waals surface area (Å²) in [6.45, 7) is 1.07. The van der Waals surface area contributed by atoms with E-state index < -0.39 is 30.5 Å². The van der Waals surface area contributed by atoms with Gasteiger partial charge in [0.05, 0.1) is 18.2 Å². The van der Waals surface area contributed by atoms with Crippen molar-refractivity contribution in [2.45, 2.75) is 43.9 Å². The largest absolute Gasteiger partial charge is 0.459 e. The van der Waals surface area contributed by atoms with E-state index in [9.17, 15) is 9.90 Å². The van der Waals surface area contributed by atoms with E-state index in [4.69, 9.17) is 19.9 Å². The van der Waals surface area contributed by atoms with E-state index in [-0.39, 0.29) is 12.4 Å². The van der Waals surface area contributed by atoms with Crippen molar-refractivity contribution in [1.82, 2.24) is 29.1 Å². The minimum atomic E-state index is -1.05. The second kappa shape index (κ2) is 10.8. The summed E-state index contributed by atoms with van der Waals surface area (Å²) in [4.78, 5) is 29.0. The topological polar surface area (TPSA) is 152 Å². The summed E-state index contributed by atoms with van der Waals surface area (Å²) in [5.41, 5.74) is 7.23. The number of carbonyl (C=O) groups excluding carboxylic acids is 1. The summed E-state index contributed by atoms with van der Waals surface area (Å²) >= 11 is 0. The Balaban J connectivity index is 1.28. The molecule has 0 radical (unpaired) electrons. The van der Waals surface area contributed by atoms with Crippen LogP contribution in [0.15, 0.2) is 61.7 Å². The Morgan fingerprint density at radius 1 is 1.14 bits per heavy atom. The molecule has 12 nitrogen and oxygen atoms in total. The maximum absolute atomic E-state index is 12.4. The van der Waals surface area contributed by atoms with Crippen molar-refractivity contribution < 1.29 is 24.1 Å². The Labute approximate surface area is 206 Å². The van der Waals surface area contributed by atoms with E-state index in [0.29, 0.717) is 23.3 Å². The molecule has 0 bridgehead atoms. The monoisotopic (exact) mass is 493 g/mol. The van der Waals surface area contributed by atoms with Crippen molar-refractivity contribution in [3.8, 4) is 0 Å². The lowest BCUT2D eigenvalue weighted by atomic mass is 10.1. The molecule has 1 aliphatic heterocycles. The quantitative estimate of drug-likeness (QED) is 0.246. The Kier molecular flexibility index (Phi) is 7.16. The molecule has 0 aliphatic carbocycles. The number of aryl methyl sites for hydroxylation is 1. The van der Waals surface area contributed by atoms with Gasteiger partial charge in [-0.05, 0) is 25.0 Å². The van der Waals surface area contributed by atoms with E-state index >= 15 is 0 Å². The molecule has 12 heteroatoms. The van der Waals surface area contributed by atoms with Crippen molar-refractivity contribution >= 4 is 23.0 Å². The van der Waals surface area contributed by atoms with Gasteiger partial charge in [-0.1, -0.05) is 18.2 Å². The molecule has 0 spiro atoms. The molecule has 4 heterocycles. The highest BCUT2D eigenvalue weighted by Gasteiger charge is 2.46. The number of ether oxygens (including phenoxy) is 3. The first kappa shape index (κ1) is 23.9. The second-order valence-corrected chi connectivity index (χ2v) is 8.45. The molecule has 1 aromatic carbocycles. The number of hydrogen-bond donors (Lipinski definition) is 2. The molecule has 3 aromatic heterocycles. The van der Waals surface area contributed by atoms with E-state index in [1.54, 1.807) is 41.4 Å². The minimum Gasteiger partial charge on any atom is -0.459 e. The molecule has 188 valence electrons. The lowest BCUT2D eigenvalue weighted by molar-refractivity contribution is -0.0724. The number of rotatable bonds is 10. The lowest BCUT2D eigenvalue weighted by Crippen LogP contribution is -2.36.